The quantitative estimate of drug-likeness (QED) is 0.663. The van der Waals surface area contributed by atoms with E-state index >= 15 is 0 Å². The van der Waals surface area contributed by atoms with Crippen LogP contribution in [0.15, 0.2) is 0 Å². The first kappa shape index (κ1) is 9.01. The van der Waals surface area contributed by atoms with Crippen molar-refractivity contribution in [2.75, 3.05) is 19.6 Å². The minimum atomic E-state index is 0.810. The Balaban J connectivity index is 2.27. The van der Waals surface area contributed by atoms with Crippen molar-refractivity contribution in [3.05, 3.63) is 0 Å². The van der Waals surface area contributed by atoms with Crippen molar-refractivity contribution < 1.29 is 0 Å². The van der Waals surface area contributed by atoms with Crippen LogP contribution in [0.3, 0.4) is 0 Å². The van der Waals surface area contributed by atoms with Gasteiger partial charge in [-0.25, -0.2) is 0 Å². The zero-order valence-corrected chi connectivity index (χ0v) is 7.55. The van der Waals surface area contributed by atoms with E-state index in [1.54, 1.807) is 0 Å². The van der Waals surface area contributed by atoms with E-state index in [9.17, 15) is 0 Å². The summed E-state index contributed by atoms with van der Waals surface area (Å²) >= 11 is 0. The van der Waals surface area contributed by atoms with Gasteiger partial charge in [0, 0.05) is 19.1 Å². The average molecular weight is 156 g/mol. The lowest BCUT2D eigenvalue weighted by atomic mass is 10.2. The van der Waals surface area contributed by atoms with Gasteiger partial charge in [-0.3, -0.25) is 4.90 Å². The first-order valence-corrected chi connectivity index (χ1v) is 4.82. The van der Waals surface area contributed by atoms with Gasteiger partial charge < -0.3 is 5.73 Å². The van der Waals surface area contributed by atoms with Gasteiger partial charge in [-0.15, -0.1) is 0 Å². The summed E-state index contributed by atoms with van der Waals surface area (Å²) < 4.78 is 0. The third kappa shape index (κ3) is 2.46. The maximum atomic E-state index is 5.53. The number of rotatable bonds is 4. The van der Waals surface area contributed by atoms with E-state index in [1.807, 2.05) is 0 Å². The molecule has 0 aromatic rings. The number of hydrogen-bond donors (Lipinski definition) is 1. The highest BCUT2D eigenvalue weighted by Crippen LogP contribution is 2.22. The highest BCUT2D eigenvalue weighted by Gasteiger charge is 2.19. The molecule has 1 aliphatic rings. The second-order valence-corrected chi connectivity index (χ2v) is 3.36. The molecule has 2 nitrogen and oxygen atoms in total. The first-order valence-electron chi connectivity index (χ1n) is 4.82. The van der Waals surface area contributed by atoms with Crippen LogP contribution in [0.4, 0.5) is 0 Å². The van der Waals surface area contributed by atoms with Crippen molar-refractivity contribution >= 4 is 0 Å². The maximum Gasteiger partial charge on any atom is 0.0107 e. The van der Waals surface area contributed by atoms with Crippen LogP contribution in [0, 0.1) is 0 Å². The minimum Gasteiger partial charge on any atom is -0.329 e. The molecule has 0 unspecified atom stereocenters. The Labute approximate surface area is 69.8 Å². The van der Waals surface area contributed by atoms with Gasteiger partial charge in [0.15, 0.2) is 0 Å². The smallest absolute Gasteiger partial charge is 0.0107 e. The molecular formula is C9H20N2. The Morgan fingerprint density at radius 3 is 2.45 bits per heavy atom. The Kier molecular flexibility index (Phi) is 3.87. The fourth-order valence-electron chi connectivity index (χ4n) is 2.03. The van der Waals surface area contributed by atoms with E-state index in [-0.39, 0.29) is 0 Å². The fourth-order valence-corrected chi connectivity index (χ4v) is 2.03. The van der Waals surface area contributed by atoms with Crippen molar-refractivity contribution in [1.82, 2.24) is 4.90 Å². The predicted octanol–water partition coefficient (Wildman–Crippen LogP) is 1.21. The highest BCUT2D eigenvalue weighted by molar-refractivity contribution is 4.76. The van der Waals surface area contributed by atoms with Crippen molar-refractivity contribution in [2.24, 2.45) is 5.73 Å². The van der Waals surface area contributed by atoms with Crippen molar-refractivity contribution in [2.45, 2.75) is 38.6 Å². The van der Waals surface area contributed by atoms with E-state index < -0.39 is 0 Å². The van der Waals surface area contributed by atoms with E-state index in [0.29, 0.717) is 0 Å². The molecule has 2 N–H and O–H groups in total. The van der Waals surface area contributed by atoms with Gasteiger partial charge >= 0.3 is 0 Å². The summed E-state index contributed by atoms with van der Waals surface area (Å²) in [6, 6.07) is 0.851. The molecule has 1 aliphatic carbocycles. The summed E-state index contributed by atoms with van der Waals surface area (Å²) in [5.74, 6) is 0. The zero-order valence-electron chi connectivity index (χ0n) is 7.55. The zero-order chi connectivity index (χ0) is 8.10. The molecule has 2 heteroatoms. The van der Waals surface area contributed by atoms with Crippen molar-refractivity contribution in [3.8, 4) is 0 Å². The summed E-state index contributed by atoms with van der Waals surface area (Å²) in [6.07, 6.45) is 5.64. The van der Waals surface area contributed by atoms with Gasteiger partial charge in [-0.1, -0.05) is 19.8 Å². The topological polar surface area (TPSA) is 29.3 Å². The number of likely N-dealkylation sites (N-methyl/N-ethyl adjacent to an activating group) is 1. The largest absolute Gasteiger partial charge is 0.329 e. The van der Waals surface area contributed by atoms with E-state index in [4.69, 9.17) is 5.73 Å². The lowest BCUT2D eigenvalue weighted by molar-refractivity contribution is 0.215. The normalized spacial score (nSPS) is 19.9. The van der Waals surface area contributed by atoms with E-state index in [2.05, 4.69) is 11.8 Å². The Bertz CT molecular complexity index is 97.7. The maximum absolute atomic E-state index is 5.53. The minimum absolute atomic E-state index is 0.810. The van der Waals surface area contributed by atoms with Gasteiger partial charge in [0.05, 0.1) is 0 Å². The monoisotopic (exact) mass is 156 g/mol. The van der Waals surface area contributed by atoms with Crippen LogP contribution in [0.5, 0.6) is 0 Å². The summed E-state index contributed by atoms with van der Waals surface area (Å²) in [5.41, 5.74) is 5.53. The Morgan fingerprint density at radius 1 is 1.36 bits per heavy atom. The van der Waals surface area contributed by atoms with Crippen molar-refractivity contribution in [3.63, 3.8) is 0 Å². The molecule has 0 saturated heterocycles. The molecular weight excluding hydrogens is 136 g/mol. The summed E-state index contributed by atoms with van der Waals surface area (Å²) in [5, 5.41) is 0. The third-order valence-corrected chi connectivity index (χ3v) is 2.66. The molecule has 1 saturated carbocycles. The molecule has 0 aliphatic heterocycles. The summed E-state index contributed by atoms with van der Waals surface area (Å²) in [4.78, 5) is 2.52. The molecule has 0 aromatic carbocycles. The second kappa shape index (κ2) is 4.73. The molecule has 0 amide bonds. The average Bonchev–Trinajstić information content (AvgIpc) is 2.52. The van der Waals surface area contributed by atoms with E-state index in [1.165, 1.54) is 32.2 Å². The number of nitrogens with zero attached hydrogens (tertiary/aromatic N) is 1. The number of nitrogens with two attached hydrogens (primary N) is 1. The fraction of sp³-hybridized carbons (Fsp3) is 1.00. The van der Waals surface area contributed by atoms with Crippen LogP contribution in [-0.2, 0) is 0 Å². The van der Waals surface area contributed by atoms with Crippen LogP contribution in [-0.4, -0.2) is 30.6 Å². The van der Waals surface area contributed by atoms with Gasteiger partial charge in [0.25, 0.3) is 0 Å². The van der Waals surface area contributed by atoms with Gasteiger partial charge in [-0.2, -0.15) is 0 Å². The molecule has 0 spiro atoms. The van der Waals surface area contributed by atoms with Crippen LogP contribution in [0.2, 0.25) is 0 Å². The molecule has 0 atom stereocenters. The van der Waals surface area contributed by atoms with Gasteiger partial charge in [0.1, 0.15) is 0 Å². The molecule has 1 fully saturated rings. The van der Waals surface area contributed by atoms with Crippen LogP contribution >= 0.6 is 0 Å². The summed E-state index contributed by atoms with van der Waals surface area (Å²) in [6.45, 7) is 5.29. The number of hydrogen-bond acceptors (Lipinski definition) is 2. The third-order valence-electron chi connectivity index (χ3n) is 2.66. The molecule has 0 bridgehead atoms. The second-order valence-electron chi connectivity index (χ2n) is 3.36. The molecule has 0 aromatic heterocycles. The molecule has 66 valence electrons. The Morgan fingerprint density at radius 2 is 2.00 bits per heavy atom. The van der Waals surface area contributed by atoms with E-state index in [0.717, 1.165) is 19.1 Å². The molecule has 11 heavy (non-hydrogen) atoms. The lowest BCUT2D eigenvalue weighted by Gasteiger charge is -2.26. The highest BCUT2D eigenvalue weighted by atomic mass is 15.2. The summed E-state index contributed by atoms with van der Waals surface area (Å²) in [7, 11) is 0. The first-order chi connectivity index (χ1) is 5.38. The molecule has 0 heterocycles. The van der Waals surface area contributed by atoms with Gasteiger partial charge in [0.2, 0.25) is 0 Å². The van der Waals surface area contributed by atoms with Crippen molar-refractivity contribution in [1.29, 1.82) is 0 Å². The van der Waals surface area contributed by atoms with Crippen LogP contribution in [0.1, 0.15) is 32.6 Å². The van der Waals surface area contributed by atoms with Gasteiger partial charge in [-0.05, 0) is 19.4 Å². The SMILES string of the molecule is CCN(CCN)C1CCCC1. The lowest BCUT2D eigenvalue weighted by Crippen LogP contribution is -2.36. The van der Waals surface area contributed by atoms with Crippen LogP contribution in [0.25, 0.3) is 0 Å². The molecule has 0 radical (unpaired) electrons. The predicted molar refractivity (Wildman–Crippen MR) is 48.6 cm³/mol. The molecule has 1 rings (SSSR count). The Hall–Kier alpha value is -0.0800. The standard InChI is InChI=1S/C9H20N2/c1-2-11(8-7-10)9-5-3-4-6-9/h9H,2-8,10H2,1H3. The van der Waals surface area contributed by atoms with Crippen LogP contribution < -0.4 is 5.73 Å².